The second-order valence-electron chi connectivity index (χ2n) is 10.1. The molecule has 0 aliphatic carbocycles. The minimum absolute atomic E-state index is 0.0133. The summed E-state index contributed by atoms with van der Waals surface area (Å²) in [6, 6.07) is 22.1. The van der Waals surface area contributed by atoms with Gasteiger partial charge in [-0.1, -0.05) is 66.7 Å². The van der Waals surface area contributed by atoms with Gasteiger partial charge in [-0.2, -0.15) is 13.2 Å². The molecular formula is C34H28F3NO8. The molecule has 0 aromatic heterocycles. The maximum atomic E-state index is 13.1. The van der Waals surface area contributed by atoms with E-state index in [9.17, 15) is 42.6 Å². The number of amides is 1. The lowest BCUT2D eigenvalue weighted by molar-refractivity contribution is -0.167. The zero-order chi connectivity index (χ0) is 33.5. The molecular weight excluding hydrogens is 607 g/mol. The fraction of sp³-hybridized carbons (Fsp3) is 0.176. The van der Waals surface area contributed by atoms with Crippen molar-refractivity contribution in [1.82, 2.24) is 0 Å². The van der Waals surface area contributed by atoms with Crippen LogP contribution in [0.15, 0.2) is 97.1 Å². The summed E-state index contributed by atoms with van der Waals surface area (Å²) in [6.07, 6.45) is -4.92. The van der Waals surface area contributed by atoms with E-state index in [2.05, 4.69) is 5.32 Å². The van der Waals surface area contributed by atoms with Gasteiger partial charge in [0.15, 0.2) is 0 Å². The molecule has 238 valence electrons. The third kappa shape index (κ3) is 7.34. The summed E-state index contributed by atoms with van der Waals surface area (Å²) in [4.78, 5) is 51.0. The zero-order valence-electron chi connectivity index (χ0n) is 24.3. The summed E-state index contributed by atoms with van der Waals surface area (Å²) in [5.41, 5.74) is -1.96. The van der Waals surface area contributed by atoms with Gasteiger partial charge in [0.25, 0.3) is 5.91 Å². The quantitative estimate of drug-likeness (QED) is 0.104. The van der Waals surface area contributed by atoms with Crippen LogP contribution in [0, 0.1) is 0 Å². The van der Waals surface area contributed by atoms with E-state index in [0.717, 1.165) is 12.1 Å². The minimum atomic E-state index is -4.51. The largest absolute Gasteiger partial charge is 0.506 e. The van der Waals surface area contributed by atoms with Crippen LogP contribution in [0.2, 0.25) is 0 Å². The third-order valence-corrected chi connectivity index (χ3v) is 7.06. The highest BCUT2D eigenvalue weighted by Crippen LogP contribution is 2.33. The fourth-order valence-electron chi connectivity index (χ4n) is 4.67. The number of esters is 2. The first-order valence-electron chi connectivity index (χ1n) is 13.9. The summed E-state index contributed by atoms with van der Waals surface area (Å²) in [5, 5.41) is 23.2. The number of alkyl halides is 3. The van der Waals surface area contributed by atoms with Gasteiger partial charge in [0.05, 0.1) is 24.3 Å². The summed E-state index contributed by atoms with van der Waals surface area (Å²) >= 11 is 0. The van der Waals surface area contributed by atoms with Crippen molar-refractivity contribution in [3.05, 3.63) is 119 Å². The van der Waals surface area contributed by atoms with E-state index in [1.807, 2.05) is 0 Å². The lowest BCUT2D eigenvalue weighted by Gasteiger charge is -2.27. The molecule has 9 nitrogen and oxygen atoms in total. The third-order valence-electron chi connectivity index (χ3n) is 7.06. The van der Waals surface area contributed by atoms with Gasteiger partial charge in [-0.15, -0.1) is 0 Å². The molecule has 0 spiro atoms. The van der Waals surface area contributed by atoms with Crippen LogP contribution in [0.4, 0.5) is 18.9 Å². The number of carboxylic acids is 1. The Morgan fingerprint density at radius 3 is 2.07 bits per heavy atom. The second-order valence-corrected chi connectivity index (χ2v) is 10.1. The van der Waals surface area contributed by atoms with Crippen molar-refractivity contribution in [2.75, 3.05) is 18.5 Å². The Morgan fingerprint density at radius 1 is 0.804 bits per heavy atom. The monoisotopic (exact) mass is 635 g/mol. The Morgan fingerprint density at radius 2 is 1.46 bits per heavy atom. The summed E-state index contributed by atoms with van der Waals surface area (Å²) < 4.78 is 49.2. The molecule has 0 aliphatic heterocycles. The highest BCUT2D eigenvalue weighted by molar-refractivity contribution is 6.09. The Kier molecular flexibility index (Phi) is 10.1. The van der Waals surface area contributed by atoms with E-state index < -0.39 is 59.7 Å². The van der Waals surface area contributed by atoms with Crippen LogP contribution in [-0.2, 0) is 41.9 Å². The summed E-state index contributed by atoms with van der Waals surface area (Å²) in [6.45, 7) is 0.568. The van der Waals surface area contributed by atoms with Crippen molar-refractivity contribution in [3.8, 4) is 16.9 Å². The molecule has 0 heterocycles. The predicted molar refractivity (Wildman–Crippen MR) is 160 cm³/mol. The average Bonchev–Trinajstić information content (AvgIpc) is 3.03. The standard InChI is InChI=1S/C34H28F3NO8/c1-2-45-32(44)33(31(42)43,23-8-4-3-5-9-23)20-46-29(40)19-21-12-17-27(28(39)18-21)38-30(41)26-11-7-6-10-25(26)22-13-15-24(16-14-22)34(35,36)37/h3-18,39H,2,19-20H2,1H3,(H,38,41)(H,42,43). The van der Waals surface area contributed by atoms with E-state index in [4.69, 9.17) is 9.47 Å². The molecule has 1 atom stereocenters. The first-order valence-corrected chi connectivity index (χ1v) is 13.9. The van der Waals surface area contributed by atoms with Crippen LogP contribution in [0.1, 0.15) is 34.0 Å². The van der Waals surface area contributed by atoms with Crippen molar-refractivity contribution < 1.29 is 52.0 Å². The lowest BCUT2D eigenvalue weighted by Crippen LogP contribution is -2.49. The topological polar surface area (TPSA) is 139 Å². The van der Waals surface area contributed by atoms with Crippen molar-refractivity contribution in [2.24, 2.45) is 0 Å². The van der Waals surface area contributed by atoms with Crippen molar-refractivity contribution in [3.63, 3.8) is 0 Å². The number of nitrogens with one attached hydrogen (secondary N) is 1. The Balaban J connectivity index is 1.47. The molecule has 0 saturated heterocycles. The van der Waals surface area contributed by atoms with Gasteiger partial charge in [-0.05, 0) is 59.5 Å². The molecule has 12 heteroatoms. The maximum absolute atomic E-state index is 13.1. The minimum Gasteiger partial charge on any atom is -0.506 e. The SMILES string of the molecule is CCOC(=O)C(COC(=O)Cc1ccc(NC(=O)c2ccccc2-c2ccc(C(F)(F)F)cc2)c(O)c1)(C(=O)O)c1ccccc1. The molecule has 1 amide bonds. The summed E-state index contributed by atoms with van der Waals surface area (Å²) in [7, 11) is 0. The van der Waals surface area contributed by atoms with Gasteiger partial charge >= 0.3 is 24.1 Å². The van der Waals surface area contributed by atoms with Crippen molar-refractivity contribution in [2.45, 2.75) is 24.9 Å². The maximum Gasteiger partial charge on any atom is 0.416 e. The first kappa shape index (κ1) is 33.2. The van der Waals surface area contributed by atoms with Gasteiger partial charge in [0.1, 0.15) is 12.4 Å². The van der Waals surface area contributed by atoms with E-state index in [-0.39, 0.29) is 29.0 Å². The van der Waals surface area contributed by atoms with Crippen LogP contribution >= 0.6 is 0 Å². The second kappa shape index (κ2) is 14.0. The highest BCUT2D eigenvalue weighted by atomic mass is 19.4. The van der Waals surface area contributed by atoms with Gasteiger partial charge < -0.3 is 25.0 Å². The molecule has 0 saturated carbocycles. The molecule has 0 bridgehead atoms. The average molecular weight is 636 g/mol. The van der Waals surface area contributed by atoms with Crippen LogP contribution < -0.4 is 5.32 Å². The van der Waals surface area contributed by atoms with Gasteiger partial charge in [-0.25, -0.2) is 0 Å². The molecule has 3 N–H and O–H groups in total. The van der Waals surface area contributed by atoms with Crippen LogP contribution in [-0.4, -0.2) is 47.2 Å². The molecule has 0 radical (unpaired) electrons. The molecule has 1 unspecified atom stereocenters. The number of hydrogen-bond acceptors (Lipinski definition) is 7. The van der Waals surface area contributed by atoms with Gasteiger partial charge in [-0.3, -0.25) is 19.2 Å². The van der Waals surface area contributed by atoms with Gasteiger partial charge in [0, 0.05) is 5.56 Å². The van der Waals surface area contributed by atoms with E-state index in [0.29, 0.717) is 11.1 Å². The van der Waals surface area contributed by atoms with E-state index in [1.165, 1.54) is 67.6 Å². The number of carbonyl (C=O) groups excluding carboxylic acids is 3. The predicted octanol–water partition coefficient (Wildman–Crippen LogP) is 6.00. The number of phenols is 1. The zero-order valence-corrected chi connectivity index (χ0v) is 24.3. The molecule has 0 aliphatic rings. The Labute approximate surface area is 261 Å². The number of carbonyl (C=O) groups is 4. The first-order chi connectivity index (χ1) is 21.9. The molecule has 4 aromatic rings. The van der Waals surface area contributed by atoms with E-state index >= 15 is 0 Å². The number of benzene rings is 4. The molecule has 0 fully saturated rings. The van der Waals surface area contributed by atoms with Crippen LogP contribution in [0.3, 0.4) is 0 Å². The van der Waals surface area contributed by atoms with Crippen molar-refractivity contribution >= 4 is 29.5 Å². The number of aliphatic carboxylic acids is 1. The number of carboxylic acid groups (broad SMARTS) is 1. The smallest absolute Gasteiger partial charge is 0.416 e. The number of anilines is 1. The van der Waals surface area contributed by atoms with E-state index in [1.54, 1.807) is 24.3 Å². The number of ether oxygens (including phenoxy) is 2. The lowest BCUT2D eigenvalue weighted by atomic mass is 9.81. The number of aromatic hydroxyl groups is 1. The van der Waals surface area contributed by atoms with Crippen molar-refractivity contribution in [1.29, 1.82) is 0 Å². The highest BCUT2D eigenvalue weighted by Gasteiger charge is 2.51. The molecule has 4 aromatic carbocycles. The summed E-state index contributed by atoms with van der Waals surface area (Å²) in [5.74, 6) is -4.61. The number of phenolic OH excluding ortho intramolecular Hbond substituents is 1. The number of hydrogen-bond donors (Lipinski definition) is 3. The fourth-order valence-corrected chi connectivity index (χ4v) is 4.67. The Hall–Kier alpha value is -5.65. The van der Waals surface area contributed by atoms with Gasteiger partial charge in [0.2, 0.25) is 5.41 Å². The number of rotatable bonds is 11. The Bertz CT molecular complexity index is 1740. The number of halogens is 3. The molecule has 4 rings (SSSR count). The van der Waals surface area contributed by atoms with Crippen LogP contribution in [0.5, 0.6) is 5.75 Å². The van der Waals surface area contributed by atoms with Crippen LogP contribution in [0.25, 0.3) is 11.1 Å². The normalized spacial score (nSPS) is 12.4. The molecule has 46 heavy (non-hydrogen) atoms.